The summed E-state index contributed by atoms with van der Waals surface area (Å²) >= 11 is 1.48. The minimum Gasteiger partial charge on any atom is -0.383 e. The van der Waals surface area contributed by atoms with Crippen molar-refractivity contribution < 1.29 is 0 Å². The molecular formula is C11H21N5S. The van der Waals surface area contributed by atoms with E-state index in [-0.39, 0.29) is 5.54 Å². The Balaban J connectivity index is 2.72. The normalized spacial score (nSPS) is 11.9. The molecule has 1 aromatic rings. The van der Waals surface area contributed by atoms with Gasteiger partial charge in [-0.2, -0.15) is 0 Å². The maximum absolute atomic E-state index is 5.72. The van der Waals surface area contributed by atoms with Gasteiger partial charge in [-0.3, -0.25) is 0 Å². The molecule has 6 heteroatoms. The van der Waals surface area contributed by atoms with Crippen molar-refractivity contribution in [2.24, 2.45) is 0 Å². The molecule has 0 amide bonds. The third-order valence-corrected chi connectivity index (χ3v) is 3.37. The summed E-state index contributed by atoms with van der Waals surface area (Å²) in [6.45, 7) is 5.13. The molecule has 1 rings (SSSR count). The monoisotopic (exact) mass is 255 g/mol. The molecule has 5 nitrogen and oxygen atoms in total. The van der Waals surface area contributed by atoms with Crippen LogP contribution in [0.15, 0.2) is 11.2 Å². The van der Waals surface area contributed by atoms with Crippen molar-refractivity contribution in [1.29, 1.82) is 0 Å². The second-order valence-corrected chi connectivity index (χ2v) is 5.50. The number of rotatable bonds is 5. The lowest BCUT2D eigenvalue weighted by molar-refractivity contribution is 0.210. The number of thioether (sulfide) groups is 1. The Hall–Kier alpha value is -1.01. The average Bonchev–Trinajstić information content (AvgIpc) is 2.25. The number of nitrogens with one attached hydrogen (secondary N) is 1. The van der Waals surface area contributed by atoms with E-state index in [0.717, 1.165) is 12.4 Å². The van der Waals surface area contributed by atoms with Gasteiger partial charge in [0.1, 0.15) is 11.6 Å². The Kier molecular flexibility index (Phi) is 4.59. The second kappa shape index (κ2) is 5.55. The maximum atomic E-state index is 5.72. The molecule has 0 aromatic carbocycles. The summed E-state index contributed by atoms with van der Waals surface area (Å²) in [4.78, 5) is 10.6. The van der Waals surface area contributed by atoms with Gasteiger partial charge in [0, 0.05) is 18.2 Å². The molecule has 0 saturated carbocycles. The first-order valence-corrected chi connectivity index (χ1v) is 6.67. The summed E-state index contributed by atoms with van der Waals surface area (Å²) in [7, 11) is 4.12. The maximum Gasteiger partial charge on any atom is 0.191 e. The van der Waals surface area contributed by atoms with Crippen LogP contribution in [0.5, 0.6) is 0 Å². The van der Waals surface area contributed by atoms with Gasteiger partial charge in [-0.05, 0) is 34.2 Å². The van der Waals surface area contributed by atoms with Crippen LogP contribution in [-0.4, -0.2) is 47.3 Å². The Labute approximate surface area is 107 Å². The third kappa shape index (κ3) is 4.05. The molecular weight excluding hydrogens is 234 g/mol. The van der Waals surface area contributed by atoms with Crippen LogP contribution in [0.1, 0.15) is 13.8 Å². The van der Waals surface area contributed by atoms with Crippen molar-refractivity contribution >= 4 is 23.4 Å². The molecule has 0 fully saturated rings. The topological polar surface area (TPSA) is 67.1 Å². The molecule has 1 aromatic heterocycles. The van der Waals surface area contributed by atoms with E-state index >= 15 is 0 Å². The molecule has 0 atom stereocenters. The van der Waals surface area contributed by atoms with Crippen LogP contribution < -0.4 is 11.1 Å². The van der Waals surface area contributed by atoms with E-state index in [2.05, 4.69) is 48.1 Å². The summed E-state index contributed by atoms with van der Waals surface area (Å²) in [5.41, 5.74) is 5.77. The summed E-state index contributed by atoms with van der Waals surface area (Å²) in [5.74, 6) is 1.27. The summed E-state index contributed by atoms with van der Waals surface area (Å²) in [6.07, 6.45) is 1.93. The predicted molar refractivity (Wildman–Crippen MR) is 74.5 cm³/mol. The third-order valence-electron chi connectivity index (χ3n) is 2.82. The minimum absolute atomic E-state index is 0.0548. The van der Waals surface area contributed by atoms with Gasteiger partial charge < -0.3 is 16.0 Å². The number of likely N-dealkylation sites (N-methyl/N-ethyl adjacent to an activating group) is 1. The van der Waals surface area contributed by atoms with E-state index in [4.69, 9.17) is 5.73 Å². The lowest BCUT2D eigenvalue weighted by Gasteiger charge is -2.32. The largest absolute Gasteiger partial charge is 0.383 e. The number of nitrogens with two attached hydrogens (primary N) is 1. The van der Waals surface area contributed by atoms with Crippen LogP contribution in [0.2, 0.25) is 0 Å². The summed E-state index contributed by atoms with van der Waals surface area (Å²) in [6, 6.07) is 1.76. The molecule has 3 N–H and O–H groups in total. The molecule has 96 valence electrons. The molecule has 0 unspecified atom stereocenters. The number of nitrogen functional groups attached to an aromatic ring is 1. The highest BCUT2D eigenvalue weighted by atomic mass is 32.2. The van der Waals surface area contributed by atoms with Crippen molar-refractivity contribution in [3.05, 3.63) is 6.07 Å². The van der Waals surface area contributed by atoms with Crippen LogP contribution in [0, 0.1) is 0 Å². The van der Waals surface area contributed by atoms with Gasteiger partial charge in [0.25, 0.3) is 0 Å². The van der Waals surface area contributed by atoms with Crippen molar-refractivity contribution in [3.63, 3.8) is 0 Å². The van der Waals surface area contributed by atoms with Crippen LogP contribution in [0.3, 0.4) is 0 Å². The van der Waals surface area contributed by atoms with Gasteiger partial charge in [-0.15, -0.1) is 0 Å². The Morgan fingerprint density at radius 2 is 2.06 bits per heavy atom. The summed E-state index contributed by atoms with van der Waals surface area (Å²) in [5, 5.41) is 3.99. The van der Waals surface area contributed by atoms with Gasteiger partial charge in [0.05, 0.1) is 0 Å². The van der Waals surface area contributed by atoms with Crippen molar-refractivity contribution in [3.8, 4) is 0 Å². The fourth-order valence-electron chi connectivity index (χ4n) is 1.09. The minimum atomic E-state index is 0.0548. The molecule has 0 aliphatic rings. The molecule has 0 aliphatic heterocycles. The van der Waals surface area contributed by atoms with E-state index < -0.39 is 0 Å². The van der Waals surface area contributed by atoms with E-state index in [0.29, 0.717) is 11.0 Å². The van der Waals surface area contributed by atoms with Crippen LogP contribution in [0.4, 0.5) is 11.6 Å². The molecule has 1 heterocycles. The van der Waals surface area contributed by atoms with Gasteiger partial charge in [0.2, 0.25) is 0 Å². The molecule has 17 heavy (non-hydrogen) atoms. The van der Waals surface area contributed by atoms with Gasteiger partial charge >= 0.3 is 0 Å². The predicted octanol–water partition coefficient (Wildman–Crippen LogP) is 1.53. The first-order chi connectivity index (χ1) is 7.85. The average molecular weight is 255 g/mol. The van der Waals surface area contributed by atoms with E-state index in [1.165, 1.54) is 11.8 Å². The number of hydrogen-bond acceptors (Lipinski definition) is 6. The van der Waals surface area contributed by atoms with Gasteiger partial charge in [-0.25, -0.2) is 9.97 Å². The second-order valence-electron chi connectivity index (χ2n) is 4.73. The Morgan fingerprint density at radius 1 is 1.41 bits per heavy atom. The first-order valence-electron chi connectivity index (χ1n) is 5.45. The number of nitrogens with zero attached hydrogens (tertiary/aromatic N) is 3. The lowest BCUT2D eigenvalue weighted by Crippen LogP contribution is -2.44. The fourth-order valence-corrected chi connectivity index (χ4v) is 1.48. The smallest absolute Gasteiger partial charge is 0.191 e. The standard InChI is InChI=1S/C11H21N5S/c1-11(2,16(3)4)7-13-9-6-8(12)14-10(15-9)17-5/h6H,7H2,1-5H3,(H3,12,13,14,15). The van der Waals surface area contributed by atoms with Gasteiger partial charge in [0.15, 0.2) is 5.16 Å². The molecule has 0 bridgehead atoms. The molecule has 0 spiro atoms. The Bertz CT molecular complexity index is 378. The van der Waals surface area contributed by atoms with E-state index in [1.807, 2.05) is 6.26 Å². The Morgan fingerprint density at radius 3 is 2.59 bits per heavy atom. The molecule has 0 saturated heterocycles. The highest BCUT2D eigenvalue weighted by Crippen LogP contribution is 2.17. The fraction of sp³-hybridized carbons (Fsp3) is 0.636. The SMILES string of the molecule is CSc1nc(N)cc(NCC(C)(C)N(C)C)n1. The van der Waals surface area contributed by atoms with E-state index in [1.54, 1.807) is 6.07 Å². The zero-order chi connectivity index (χ0) is 13.1. The number of anilines is 2. The first kappa shape index (κ1) is 14.1. The van der Waals surface area contributed by atoms with Crippen LogP contribution in [-0.2, 0) is 0 Å². The van der Waals surface area contributed by atoms with Gasteiger partial charge in [-0.1, -0.05) is 11.8 Å². The number of aromatic nitrogens is 2. The van der Waals surface area contributed by atoms with E-state index in [9.17, 15) is 0 Å². The molecule has 0 aliphatic carbocycles. The lowest BCUT2D eigenvalue weighted by atomic mass is 10.0. The highest BCUT2D eigenvalue weighted by molar-refractivity contribution is 7.98. The van der Waals surface area contributed by atoms with Crippen molar-refractivity contribution in [1.82, 2.24) is 14.9 Å². The van der Waals surface area contributed by atoms with Crippen LogP contribution >= 0.6 is 11.8 Å². The summed E-state index contributed by atoms with van der Waals surface area (Å²) < 4.78 is 0. The zero-order valence-electron chi connectivity index (χ0n) is 11.1. The number of hydrogen-bond donors (Lipinski definition) is 2. The van der Waals surface area contributed by atoms with Crippen molar-refractivity contribution in [2.45, 2.75) is 24.5 Å². The molecule has 0 radical (unpaired) electrons. The van der Waals surface area contributed by atoms with Crippen LogP contribution in [0.25, 0.3) is 0 Å². The zero-order valence-corrected chi connectivity index (χ0v) is 11.9. The quantitative estimate of drug-likeness (QED) is 0.614. The van der Waals surface area contributed by atoms with Crippen molar-refractivity contribution in [2.75, 3.05) is 37.9 Å². The highest BCUT2D eigenvalue weighted by Gasteiger charge is 2.20.